The van der Waals surface area contributed by atoms with Gasteiger partial charge in [-0.3, -0.25) is 0 Å². The monoisotopic (exact) mass is 301 g/mol. The van der Waals surface area contributed by atoms with Crippen molar-refractivity contribution < 1.29 is 9.47 Å². The largest absolute Gasteiger partial charge is 0.492 e. The molecule has 0 spiro atoms. The van der Waals surface area contributed by atoms with Crippen LogP contribution in [0.1, 0.15) is 18.9 Å². The minimum atomic E-state index is 0.577. The maximum atomic E-state index is 5.59. The Hall–Kier alpha value is -0.580. The Bertz CT molecular complexity index is 331. The average molecular weight is 302 g/mol. The number of halogens is 1. The zero-order chi connectivity index (χ0) is 12.5. The summed E-state index contributed by atoms with van der Waals surface area (Å²) in [5, 5.41) is 0. The Morgan fingerprint density at radius 1 is 1.24 bits per heavy atom. The van der Waals surface area contributed by atoms with Crippen molar-refractivity contribution in [1.29, 1.82) is 0 Å². The molecule has 17 heavy (non-hydrogen) atoms. The molecule has 1 rings (SSSR count). The predicted octanol–water partition coefficient (Wildman–Crippen LogP) is 2.76. The lowest BCUT2D eigenvalue weighted by Crippen LogP contribution is -2.10. The van der Waals surface area contributed by atoms with Gasteiger partial charge in [-0.1, -0.05) is 13.0 Å². The molecule has 0 fully saturated rings. The summed E-state index contributed by atoms with van der Waals surface area (Å²) in [6.45, 7) is 4.75. The van der Waals surface area contributed by atoms with Crippen LogP contribution in [-0.2, 0) is 11.2 Å². The van der Waals surface area contributed by atoms with Gasteiger partial charge in [0.1, 0.15) is 5.75 Å². The van der Waals surface area contributed by atoms with E-state index < -0.39 is 0 Å². The van der Waals surface area contributed by atoms with E-state index in [4.69, 9.17) is 15.2 Å². The summed E-state index contributed by atoms with van der Waals surface area (Å²) in [6, 6.07) is 6.15. The van der Waals surface area contributed by atoms with Gasteiger partial charge < -0.3 is 15.2 Å². The first-order valence-electron chi connectivity index (χ1n) is 5.97. The smallest absolute Gasteiger partial charge is 0.133 e. The highest BCUT2D eigenvalue weighted by atomic mass is 79.9. The Morgan fingerprint density at radius 3 is 2.71 bits per heavy atom. The summed E-state index contributed by atoms with van der Waals surface area (Å²) in [4.78, 5) is 0. The van der Waals surface area contributed by atoms with E-state index in [1.165, 1.54) is 5.56 Å². The van der Waals surface area contributed by atoms with Crippen molar-refractivity contribution in [3.05, 3.63) is 28.2 Å². The van der Waals surface area contributed by atoms with E-state index in [0.29, 0.717) is 19.8 Å². The van der Waals surface area contributed by atoms with Crippen LogP contribution in [0, 0.1) is 0 Å². The summed E-state index contributed by atoms with van der Waals surface area (Å²) >= 11 is 3.51. The number of ether oxygens (including phenoxy) is 2. The summed E-state index contributed by atoms with van der Waals surface area (Å²) in [7, 11) is 0. The minimum Gasteiger partial charge on any atom is -0.492 e. The van der Waals surface area contributed by atoms with Crippen LogP contribution >= 0.6 is 15.9 Å². The van der Waals surface area contributed by atoms with Crippen LogP contribution < -0.4 is 10.5 Å². The summed E-state index contributed by atoms with van der Waals surface area (Å²) in [5.74, 6) is 0.901. The highest BCUT2D eigenvalue weighted by Crippen LogP contribution is 2.26. The van der Waals surface area contributed by atoms with E-state index in [-0.39, 0.29) is 0 Å². The van der Waals surface area contributed by atoms with Crippen LogP contribution in [0.2, 0.25) is 0 Å². The first kappa shape index (κ1) is 14.5. The Morgan fingerprint density at radius 2 is 2.06 bits per heavy atom. The van der Waals surface area contributed by atoms with Crippen LogP contribution in [0.25, 0.3) is 0 Å². The molecule has 0 unspecified atom stereocenters. The van der Waals surface area contributed by atoms with Gasteiger partial charge in [-0.25, -0.2) is 0 Å². The van der Waals surface area contributed by atoms with Gasteiger partial charge in [-0.15, -0.1) is 0 Å². The van der Waals surface area contributed by atoms with Crippen LogP contribution in [-0.4, -0.2) is 26.4 Å². The van der Waals surface area contributed by atoms with Crippen LogP contribution in [0.4, 0.5) is 0 Å². The fourth-order valence-corrected chi connectivity index (χ4v) is 1.95. The molecule has 4 heteroatoms. The fourth-order valence-electron chi connectivity index (χ4n) is 1.40. The molecular formula is C13H20BrNO2. The normalized spacial score (nSPS) is 10.5. The fraction of sp³-hybridized carbons (Fsp3) is 0.538. The van der Waals surface area contributed by atoms with E-state index in [0.717, 1.165) is 29.7 Å². The molecule has 0 bridgehead atoms. The zero-order valence-corrected chi connectivity index (χ0v) is 11.8. The van der Waals surface area contributed by atoms with Gasteiger partial charge in [0.05, 0.1) is 24.3 Å². The Kier molecular flexibility index (Phi) is 7.24. The van der Waals surface area contributed by atoms with Crippen LogP contribution in [0.3, 0.4) is 0 Å². The van der Waals surface area contributed by atoms with Crippen LogP contribution in [0.5, 0.6) is 5.75 Å². The van der Waals surface area contributed by atoms with Gasteiger partial charge in [0.2, 0.25) is 0 Å². The molecular weight excluding hydrogens is 282 g/mol. The molecule has 0 aliphatic heterocycles. The summed E-state index contributed by atoms with van der Waals surface area (Å²) in [5.41, 5.74) is 6.58. The van der Waals surface area contributed by atoms with Gasteiger partial charge >= 0.3 is 0 Å². The molecule has 96 valence electrons. The standard InChI is InChI=1S/C13H20BrNO2/c1-2-7-17-13-4-3-11(10-12(13)14)5-8-16-9-6-15/h3-4,10H,2,5-9,15H2,1H3. The topological polar surface area (TPSA) is 44.5 Å². The average Bonchev–Trinajstić information content (AvgIpc) is 2.34. The van der Waals surface area contributed by atoms with E-state index >= 15 is 0 Å². The number of hydrogen-bond acceptors (Lipinski definition) is 3. The predicted molar refractivity (Wildman–Crippen MR) is 73.5 cm³/mol. The SMILES string of the molecule is CCCOc1ccc(CCOCCN)cc1Br. The lowest BCUT2D eigenvalue weighted by atomic mass is 10.1. The summed E-state index contributed by atoms with van der Waals surface area (Å²) < 4.78 is 11.9. The third kappa shape index (κ3) is 5.52. The van der Waals surface area contributed by atoms with Crippen molar-refractivity contribution in [2.24, 2.45) is 5.73 Å². The second kappa shape index (κ2) is 8.50. The van der Waals surface area contributed by atoms with Gasteiger partial charge in [0.15, 0.2) is 0 Å². The van der Waals surface area contributed by atoms with Gasteiger partial charge in [0.25, 0.3) is 0 Å². The maximum absolute atomic E-state index is 5.59. The maximum Gasteiger partial charge on any atom is 0.133 e. The molecule has 0 saturated heterocycles. The molecule has 0 saturated carbocycles. The molecule has 0 atom stereocenters. The number of nitrogens with two attached hydrogens (primary N) is 1. The van der Waals surface area contributed by atoms with Gasteiger partial charge in [0, 0.05) is 6.54 Å². The number of benzene rings is 1. The third-order valence-corrected chi connectivity index (χ3v) is 2.87. The quantitative estimate of drug-likeness (QED) is 0.751. The zero-order valence-electron chi connectivity index (χ0n) is 10.2. The van der Waals surface area contributed by atoms with Crippen molar-refractivity contribution in [3.63, 3.8) is 0 Å². The highest BCUT2D eigenvalue weighted by molar-refractivity contribution is 9.10. The molecule has 1 aromatic carbocycles. The van der Waals surface area contributed by atoms with Crippen molar-refractivity contribution in [2.75, 3.05) is 26.4 Å². The lowest BCUT2D eigenvalue weighted by Gasteiger charge is -2.09. The van der Waals surface area contributed by atoms with Crippen molar-refractivity contribution >= 4 is 15.9 Å². The third-order valence-electron chi connectivity index (χ3n) is 2.26. The van der Waals surface area contributed by atoms with E-state index in [1.54, 1.807) is 0 Å². The first-order chi connectivity index (χ1) is 8.27. The van der Waals surface area contributed by atoms with Gasteiger partial charge in [-0.05, 0) is 46.5 Å². The van der Waals surface area contributed by atoms with Crippen molar-refractivity contribution in [3.8, 4) is 5.75 Å². The molecule has 0 heterocycles. The van der Waals surface area contributed by atoms with E-state index in [9.17, 15) is 0 Å². The Labute approximate surface area is 111 Å². The van der Waals surface area contributed by atoms with Crippen molar-refractivity contribution in [2.45, 2.75) is 19.8 Å². The lowest BCUT2D eigenvalue weighted by molar-refractivity contribution is 0.144. The number of hydrogen-bond donors (Lipinski definition) is 1. The molecule has 1 aromatic rings. The highest BCUT2D eigenvalue weighted by Gasteiger charge is 2.02. The van der Waals surface area contributed by atoms with Crippen molar-refractivity contribution in [1.82, 2.24) is 0 Å². The molecule has 2 N–H and O–H groups in total. The molecule has 0 amide bonds. The summed E-state index contributed by atoms with van der Waals surface area (Å²) in [6.07, 6.45) is 1.91. The molecule has 0 aliphatic rings. The van der Waals surface area contributed by atoms with Crippen LogP contribution in [0.15, 0.2) is 22.7 Å². The van der Waals surface area contributed by atoms with Gasteiger partial charge in [-0.2, -0.15) is 0 Å². The second-order valence-electron chi connectivity index (χ2n) is 3.76. The van der Waals surface area contributed by atoms with E-state index in [1.807, 2.05) is 6.07 Å². The molecule has 0 radical (unpaired) electrons. The molecule has 0 aliphatic carbocycles. The first-order valence-corrected chi connectivity index (χ1v) is 6.76. The van der Waals surface area contributed by atoms with E-state index in [2.05, 4.69) is 35.0 Å². The molecule has 3 nitrogen and oxygen atoms in total. The second-order valence-corrected chi connectivity index (χ2v) is 4.62. The Balaban J connectivity index is 2.44. The minimum absolute atomic E-state index is 0.577. The number of rotatable bonds is 8. The molecule has 0 aromatic heterocycles.